The van der Waals surface area contributed by atoms with Gasteiger partial charge in [-0.3, -0.25) is 0 Å². The van der Waals surface area contributed by atoms with Gasteiger partial charge in [0.15, 0.2) is 0 Å². The molecule has 1 atom stereocenters. The summed E-state index contributed by atoms with van der Waals surface area (Å²) in [6.07, 6.45) is 4.94. The van der Waals surface area contributed by atoms with Crippen LogP contribution in [0.2, 0.25) is 0 Å². The summed E-state index contributed by atoms with van der Waals surface area (Å²) in [5, 5.41) is 9.88. The minimum absolute atomic E-state index is 0.0200. The van der Waals surface area contributed by atoms with Crippen molar-refractivity contribution in [2.24, 2.45) is 11.1 Å². The summed E-state index contributed by atoms with van der Waals surface area (Å²) in [4.78, 5) is 5.62. The van der Waals surface area contributed by atoms with E-state index in [0.29, 0.717) is 0 Å². The fourth-order valence-electron chi connectivity index (χ4n) is 2.64. The lowest BCUT2D eigenvalue weighted by Gasteiger charge is -2.30. The third kappa shape index (κ3) is 2.01. The molecule has 3 N–H and O–H groups in total. The second kappa shape index (κ2) is 4.43. The third-order valence-electron chi connectivity index (χ3n) is 3.80. The van der Waals surface area contributed by atoms with Gasteiger partial charge in [0.1, 0.15) is 5.01 Å². The van der Waals surface area contributed by atoms with E-state index in [-0.39, 0.29) is 18.1 Å². The van der Waals surface area contributed by atoms with Crippen molar-refractivity contribution in [1.82, 2.24) is 4.98 Å². The first-order valence-corrected chi connectivity index (χ1v) is 6.71. The molecular weight excluding hydrogens is 220 g/mol. The summed E-state index contributed by atoms with van der Waals surface area (Å²) >= 11 is 1.56. The zero-order valence-corrected chi connectivity index (χ0v) is 10.8. The number of nitrogens with zero attached hydrogens (tertiary/aromatic N) is 1. The van der Waals surface area contributed by atoms with Crippen LogP contribution in [0.4, 0.5) is 0 Å². The van der Waals surface area contributed by atoms with E-state index < -0.39 is 0 Å². The number of hydrogen-bond acceptors (Lipinski definition) is 4. The summed E-state index contributed by atoms with van der Waals surface area (Å²) in [7, 11) is 0. The molecule has 1 unspecified atom stereocenters. The number of aliphatic hydroxyl groups is 1. The SMILES string of the molecule is Cc1sc(CO)nc1C(N)C1(C)CCCC1. The summed E-state index contributed by atoms with van der Waals surface area (Å²) in [6, 6.07) is 0.0200. The predicted octanol–water partition coefficient (Wildman–Crippen LogP) is 2.52. The van der Waals surface area contributed by atoms with E-state index in [4.69, 9.17) is 10.8 Å². The van der Waals surface area contributed by atoms with Crippen LogP contribution in [0.25, 0.3) is 0 Å². The van der Waals surface area contributed by atoms with E-state index in [2.05, 4.69) is 11.9 Å². The molecule has 1 aromatic rings. The van der Waals surface area contributed by atoms with Gasteiger partial charge in [-0.15, -0.1) is 11.3 Å². The molecule has 1 heterocycles. The van der Waals surface area contributed by atoms with Gasteiger partial charge in [0.05, 0.1) is 18.3 Å². The van der Waals surface area contributed by atoms with Gasteiger partial charge in [-0.05, 0) is 25.2 Å². The Morgan fingerprint density at radius 3 is 2.62 bits per heavy atom. The monoisotopic (exact) mass is 240 g/mol. The number of hydrogen-bond donors (Lipinski definition) is 2. The van der Waals surface area contributed by atoms with Crippen molar-refractivity contribution in [2.75, 3.05) is 0 Å². The lowest BCUT2D eigenvalue weighted by Crippen LogP contribution is -2.30. The predicted molar refractivity (Wildman–Crippen MR) is 66.3 cm³/mol. The normalized spacial score (nSPS) is 21.2. The number of aliphatic hydroxyl groups excluding tert-OH is 1. The van der Waals surface area contributed by atoms with E-state index in [1.807, 2.05) is 6.92 Å². The molecule has 0 spiro atoms. The second-order valence-electron chi connectivity index (χ2n) is 5.05. The van der Waals surface area contributed by atoms with Crippen molar-refractivity contribution in [1.29, 1.82) is 0 Å². The fraction of sp³-hybridized carbons (Fsp3) is 0.750. The Morgan fingerprint density at radius 1 is 1.50 bits per heavy atom. The van der Waals surface area contributed by atoms with E-state index in [1.165, 1.54) is 25.7 Å². The molecule has 16 heavy (non-hydrogen) atoms. The molecule has 0 amide bonds. The van der Waals surface area contributed by atoms with Crippen molar-refractivity contribution in [2.45, 2.75) is 52.2 Å². The number of aryl methyl sites for hydroxylation is 1. The van der Waals surface area contributed by atoms with Crippen molar-refractivity contribution >= 4 is 11.3 Å². The minimum Gasteiger partial charge on any atom is -0.389 e. The number of aromatic nitrogens is 1. The Morgan fingerprint density at radius 2 is 2.12 bits per heavy atom. The molecule has 3 nitrogen and oxygen atoms in total. The number of thiazole rings is 1. The van der Waals surface area contributed by atoms with Crippen LogP contribution in [0.15, 0.2) is 0 Å². The van der Waals surface area contributed by atoms with Gasteiger partial charge in [0.25, 0.3) is 0 Å². The standard InChI is InChI=1S/C12H20N2OS/c1-8-10(14-9(7-15)16-8)11(13)12(2)5-3-4-6-12/h11,15H,3-7,13H2,1-2H3. The van der Waals surface area contributed by atoms with Crippen molar-refractivity contribution in [3.63, 3.8) is 0 Å². The largest absolute Gasteiger partial charge is 0.389 e. The molecule has 0 saturated heterocycles. The molecular formula is C12H20N2OS. The molecule has 0 aromatic carbocycles. The van der Waals surface area contributed by atoms with Crippen LogP contribution < -0.4 is 5.73 Å². The first-order chi connectivity index (χ1) is 7.57. The van der Waals surface area contributed by atoms with Crippen LogP contribution in [-0.2, 0) is 6.61 Å². The molecule has 0 bridgehead atoms. The summed E-state index contributed by atoms with van der Waals surface area (Å²) in [5.41, 5.74) is 7.56. The second-order valence-corrected chi connectivity index (χ2v) is 6.33. The van der Waals surface area contributed by atoms with Gasteiger partial charge in [0, 0.05) is 4.88 Å². The average Bonchev–Trinajstić information content (AvgIpc) is 2.85. The van der Waals surface area contributed by atoms with Gasteiger partial charge >= 0.3 is 0 Å². The van der Waals surface area contributed by atoms with Crippen molar-refractivity contribution in [3.8, 4) is 0 Å². The molecule has 1 aliphatic rings. The van der Waals surface area contributed by atoms with E-state index >= 15 is 0 Å². The Kier molecular flexibility index (Phi) is 3.33. The lowest BCUT2D eigenvalue weighted by atomic mass is 9.79. The zero-order valence-electron chi connectivity index (χ0n) is 9.99. The summed E-state index contributed by atoms with van der Waals surface area (Å²) < 4.78 is 0. The van der Waals surface area contributed by atoms with Crippen LogP contribution in [0.5, 0.6) is 0 Å². The molecule has 1 aromatic heterocycles. The minimum atomic E-state index is 0.0200. The van der Waals surface area contributed by atoms with Gasteiger partial charge < -0.3 is 10.8 Å². The van der Waals surface area contributed by atoms with E-state index in [0.717, 1.165) is 15.6 Å². The Balaban J connectivity index is 2.25. The lowest BCUT2D eigenvalue weighted by molar-refractivity contribution is 0.258. The molecule has 1 aliphatic carbocycles. The highest BCUT2D eigenvalue weighted by Gasteiger charge is 2.37. The summed E-state index contributed by atoms with van der Waals surface area (Å²) in [5.74, 6) is 0. The van der Waals surface area contributed by atoms with Crippen LogP contribution in [-0.4, -0.2) is 10.1 Å². The first-order valence-electron chi connectivity index (χ1n) is 5.89. The van der Waals surface area contributed by atoms with Crippen molar-refractivity contribution in [3.05, 3.63) is 15.6 Å². The Hall–Kier alpha value is -0.450. The zero-order chi connectivity index (χ0) is 11.8. The molecule has 1 fully saturated rings. The van der Waals surface area contributed by atoms with Crippen LogP contribution in [0.1, 0.15) is 54.2 Å². The topological polar surface area (TPSA) is 59.1 Å². The molecule has 1 saturated carbocycles. The van der Waals surface area contributed by atoms with Crippen LogP contribution >= 0.6 is 11.3 Å². The highest BCUT2D eigenvalue weighted by atomic mass is 32.1. The highest BCUT2D eigenvalue weighted by Crippen LogP contribution is 2.46. The highest BCUT2D eigenvalue weighted by molar-refractivity contribution is 7.11. The molecule has 2 rings (SSSR count). The average molecular weight is 240 g/mol. The van der Waals surface area contributed by atoms with Gasteiger partial charge in [-0.25, -0.2) is 4.98 Å². The van der Waals surface area contributed by atoms with Gasteiger partial charge in [-0.2, -0.15) is 0 Å². The smallest absolute Gasteiger partial charge is 0.119 e. The Labute approximate surface area is 101 Å². The number of nitrogens with two attached hydrogens (primary N) is 1. The first kappa shape index (κ1) is 12.0. The Bertz CT molecular complexity index is 369. The quantitative estimate of drug-likeness (QED) is 0.853. The van der Waals surface area contributed by atoms with E-state index in [9.17, 15) is 0 Å². The van der Waals surface area contributed by atoms with E-state index in [1.54, 1.807) is 11.3 Å². The van der Waals surface area contributed by atoms with Gasteiger partial charge in [0.2, 0.25) is 0 Å². The fourth-order valence-corrected chi connectivity index (χ4v) is 3.48. The molecule has 90 valence electrons. The summed E-state index contributed by atoms with van der Waals surface area (Å²) in [6.45, 7) is 4.33. The number of rotatable bonds is 3. The molecule has 4 heteroatoms. The van der Waals surface area contributed by atoms with Crippen LogP contribution in [0, 0.1) is 12.3 Å². The molecule has 0 radical (unpaired) electrons. The maximum absolute atomic E-state index is 9.09. The maximum Gasteiger partial charge on any atom is 0.119 e. The molecule has 0 aliphatic heterocycles. The van der Waals surface area contributed by atoms with Crippen LogP contribution in [0.3, 0.4) is 0 Å². The van der Waals surface area contributed by atoms with Gasteiger partial charge in [-0.1, -0.05) is 19.8 Å². The third-order valence-corrected chi connectivity index (χ3v) is 4.77. The maximum atomic E-state index is 9.09. The van der Waals surface area contributed by atoms with Crippen molar-refractivity contribution < 1.29 is 5.11 Å².